The molecular weight excluding hydrogens is 266 g/mol. The number of hydrogen-bond donors (Lipinski definition) is 2. The molecule has 2 rings (SSSR count). The number of hydrogen-bond acceptors (Lipinski definition) is 7. The maximum atomic E-state index is 11.8. The molecule has 106 valence electrons. The lowest BCUT2D eigenvalue weighted by Gasteiger charge is -2.22. The van der Waals surface area contributed by atoms with Crippen molar-refractivity contribution in [2.75, 3.05) is 6.61 Å². The van der Waals surface area contributed by atoms with Gasteiger partial charge in [0.15, 0.2) is 5.17 Å². The van der Waals surface area contributed by atoms with Gasteiger partial charge in [0.25, 0.3) is 0 Å². The summed E-state index contributed by atoms with van der Waals surface area (Å²) in [4.78, 5) is 20.1. The first-order valence-corrected chi connectivity index (χ1v) is 7.39. The molecular formula is C12H19N3O3S. The van der Waals surface area contributed by atoms with Gasteiger partial charge in [-0.1, -0.05) is 19.3 Å². The van der Waals surface area contributed by atoms with Crippen molar-refractivity contribution >= 4 is 27.9 Å². The maximum absolute atomic E-state index is 11.8. The third-order valence-electron chi connectivity index (χ3n) is 3.21. The molecule has 1 aliphatic heterocycles. The average Bonchev–Trinajstić information content (AvgIpc) is 2.67. The summed E-state index contributed by atoms with van der Waals surface area (Å²) in [7, 11) is 0. The van der Waals surface area contributed by atoms with Crippen molar-refractivity contribution in [3.05, 3.63) is 0 Å². The number of amidine groups is 1. The molecule has 0 bridgehead atoms. The predicted octanol–water partition coefficient (Wildman–Crippen LogP) is 1.03. The molecule has 2 aliphatic rings. The Morgan fingerprint density at radius 3 is 2.89 bits per heavy atom. The van der Waals surface area contributed by atoms with Crippen LogP contribution in [0.2, 0.25) is 0 Å². The summed E-state index contributed by atoms with van der Waals surface area (Å²) in [5, 5.41) is 10.7. The molecule has 0 aromatic carbocycles. The van der Waals surface area contributed by atoms with Gasteiger partial charge >= 0.3 is 11.7 Å². The normalized spacial score (nSPS) is 30.4. The van der Waals surface area contributed by atoms with Crippen molar-refractivity contribution in [3.8, 4) is 0 Å². The fraction of sp³-hybridized carbons (Fsp3) is 0.750. The van der Waals surface area contributed by atoms with Gasteiger partial charge in [0.2, 0.25) is 0 Å². The minimum Gasteiger partial charge on any atom is -0.462 e. The zero-order chi connectivity index (χ0) is 13.9. The molecule has 19 heavy (non-hydrogen) atoms. The lowest BCUT2D eigenvalue weighted by Crippen LogP contribution is -2.43. The summed E-state index contributed by atoms with van der Waals surface area (Å²) in [5.41, 5.74) is 3.56. The topological polar surface area (TPSA) is 97.3 Å². The Balaban J connectivity index is 2.19. The van der Waals surface area contributed by atoms with Gasteiger partial charge in [0, 0.05) is 0 Å². The summed E-state index contributed by atoms with van der Waals surface area (Å²) < 4.78 is 4.85. The lowest BCUT2D eigenvalue weighted by atomic mass is 9.96. The minimum atomic E-state index is -2.04. The molecule has 0 saturated heterocycles. The van der Waals surface area contributed by atoms with Gasteiger partial charge in [0.1, 0.15) is 5.04 Å². The highest BCUT2D eigenvalue weighted by atomic mass is 32.2. The molecule has 1 saturated carbocycles. The Morgan fingerprint density at radius 1 is 1.58 bits per heavy atom. The van der Waals surface area contributed by atoms with E-state index in [-0.39, 0.29) is 22.9 Å². The van der Waals surface area contributed by atoms with Crippen LogP contribution in [-0.4, -0.2) is 39.7 Å². The van der Waals surface area contributed by atoms with Crippen molar-refractivity contribution in [1.82, 2.24) is 0 Å². The van der Waals surface area contributed by atoms with E-state index in [1.165, 1.54) is 6.42 Å². The third-order valence-corrected chi connectivity index (χ3v) is 4.09. The molecule has 3 N–H and O–H groups in total. The van der Waals surface area contributed by atoms with Crippen LogP contribution in [0.15, 0.2) is 9.98 Å². The first-order valence-electron chi connectivity index (χ1n) is 6.57. The van der Waals surface area contributed by atoms with Crippen molar-refractivity contribution in [3.63, 3.8) is 0 Å². The monoisotopic (exact) mass is 285 g/mol. The van der Waals surface area contributed by atoms with Crippen LogP contribution in [0.5, 0.6) is 0 Å². The second kappa shape index (κ2) is 5.92. The van der Waals surface area contributed by atoms with E-state index < -0.39 is 11.7 Å². The highest BCUT2D eigenvalue weighted by molar-refractivity contribution is 8.27. The molecule has 0 radical (unpaired) electrons. The van der Waals surface area contributed by atoms with Crippen LogP contribution in [0.3, 0.4) is 0 Å². The van der Waals surface area contributed by atoms with Crippen molar-refractivity contribution < 1.29 is 14.6 Å². The van der Waals surface area contributed by atoms with E-state index in [0.29, 0.717) is 0 Å². The lowest BCUT2D eigenvalue weighted by molar-refractivity contribution is -0.156. The molecule has 1 atom stereocenters. The second-order valence-electron chi connectivity index (χ2n) is 4.67. The number of esters is 1. The minimum absolute atomic E-state index is 0.137. The average molecular weight is 285 g/mol. The van der Waals surface area contributed by atoms with E-state index >= 15 is 0 Å². The van der Waals surface area contributed by atoms with Crippen LogP contribution in [0.4, 0.5) is 0 Å². The summed E-state index contributed by atoms with van der Waals surface area (Å²) in [6, 6.07) is 0.137. The number of aliphatic hydroxyl groups is 1. The number of ether oxygens (including phenoxy) is 1. The molecule has 0 aromatic heterocycles. The maximum Gasteiger partial charge on any atom is 0.369 e. The fourth-order valence-electron chi connectivity index (χ4n) is 2.26. The van der Waals surface area contributed by atoms with Crippen LogP contribution in [0.25, 0.3) is 0 Å². The molecule has 1 unspecified atom stereocenters. The fourth-order valence-corrected chi connectivity index (χ4v) is 3.11. The molecule has 1 aliphatic carbocycles. The first kappa shape index (κ1) is 14.3. The molecule has 0 spiro atoms. The van der Waals surface area contributed by atoms with Crippen molar-refractivity contribution in [2.24, 2.45) is 15.7 Å². The number of aliphatic imine (C=N–C) groups is 2. The number of rotatable bonds is 3. The van der Waals surface area contributed by atoms with Crippen LogP contribution >= 0.6 is 11.8 Å². The SMILES string of the molecule is CCOC(=O)C1(O)N=C(N)SC1=NC1CCCCC1. The summed E-state index contributed by atoms with van der Waals surface area (Å²) in [5.74, 6) is -0.808. The van der Waals surface area contributed by atoms with Crippen LogP contribution < -0.4 is 5.73 Å². The number of carbonyl (C=O) groups is 1. The first-order chi connectivity index (χ1) is 9.06. The smallest absolute Gasteiger partial charge is 0.369 e. The van der Waals surface area contributed by atoms with E-state index in [1.54, 1.807) is 6.92 Å². The van der Waals surface area contributed by atoms with E-state index in [2.05, 4.69) is 9.98 Å². The largest absolute Gasteiger partial charge is 0.462 e. The van der Waals surface area contributed by atoms with Crippen LogP contribution in [0.1, 0.15) is 39.0 Å². The van der Waals surface area contributed by atoms with Gasteiger partial charge in [0.05, 0.1) is 12.6 Å². The zero-order valence-electron chi connectivity index (χ0n) is 11.0. The van der Waals surface area contributed by atoms with E-state index in [1.807, 2.05) is 0 Å². The van der Waals surface area contributed by atoms with Crippen LogP contribution in [0, 0.1) is 0 Å². The van der Waals surface area contributed by atoms with Gasteiger partial charge in [-0.25, -0.2) is 9.79 Å². The second-order valence-corrected chi connectivity index (χ2v) is 5.68. The quantitative estimate of drug-likeness (QED) is 0.755. The van der Waals surface area contributed by atoms with Gasteiger partial charge < -0.3 is 15.6 Å². The Kier molecular flexibility index (Phi) is 4.46. The number of nitrogens with zero attached hydrogens (tertiary/aromatic N) is 2. The molecule has 0 amide bonds. The standard InChI is InChI=1S/C12H19N3O3S/c1-2-18-10(16)12(17)9(19-11(13)15-12)14-8-6-4-3-5-7-8/h8,17H,2-7H2,1H3,(H2,13,15). The Labute approximate surface area is 116 Å². The molecule has 1 fully saturated rings. The van der Waals surface area contributed by atoms with Gasteiger partial charge in [-0.15, -0.1) is 0 Å². The van der Waals surface area contributed by atoms with E-state index in [4.69, 9.17) is 10.5 Å². The Morgan fingerprint density at radius 2 is 2.26 bits per heavy atom. The summed E-state index contributed by atoms with van der Waals surface area (Å²) in [6.07, 6.45) is 5.42. The highest BCUT2D eigenvalue weighted by Crippen LogP contribution is 2.31. The molecule has 7 heteroatoms. The predicted molar refractivity (Wildman–Crippen MR) is 75.1 cm³/mol. The summed E-state index contributed by atoms with van der Waals surface area (Å²) in [6.45, 7) is 1.85. The highest BCUT2D eigenvalue weighted by Gasteiger charge is 2.49. The van der Waals surface area contributed by atoms with Gasteiger partial charge in [-0.3, -0.25) is 4.99 Å². The molecule has 1 heterocycles. The van der Waals surface area contributed by atoms with Crippen molar-refractivity contribution in [1.29, 1.82) is 0 Å². The van der Waals surface area contributed by atoms with Crippen LogP contribution in [-0.2, 0) is 9.53 Å². The van der Waals surface area contributed by atoms with Gasteiger partial charge in [-0.2, -0.15) is 0 Å². The Hall–Kier alpha value is -1.08. The molecule has 0 aromatic rings. The zero-order valence-corrected chi connectivity index (χ0v) is 11.8. The Bertz CT molecular complexity index is 418. The summed E-state index contributed by atoms with van der Waals surface area (Å²) >= 11 is 1.05. The number of thioether (sulfide) groups is 1. The van der Waals surface area contributed by atoms with Crippen molar-refractivity contribution in [2.45, 2.75) is 50.8 Å². The van der Waals surface area contributed by atoms with E-state index in [0.717, 1.165) is 37.4 Å². The van der Waals surface area contributed by atoms with Gasteiger partial charge in [-0.05, 0) is 31.5 Å². The number of carbonyl (C=O) groups excluding carboxylic acids is 1. The third kappa shape index (κ3) is 3.09. The van der Waals surface area contributed by atoms with E-state index in [9.17, 15) is 9.90 Å². The molecule has 6 nitrogen and oxygen atoms in total. The number of nitrogens with two attached hydrogens (primary N) is 1.